The molecule has 1 aromatic heterocycles. The minimum absolute atomic E-state index is 0.323. The van der Waals surface area contributed by atoms with Gasteiger partial charge in [-0.2, -0.15) is 0 Å². The number of methoxy groups -OCH3 is 1. The van der Waals surface area contributed by atoms with Crippen LogP contribution in [-0.4, -0.2) is 18.1 Å². The lowest BCUT2D eigenvalue weighted by atomic mass is 10.2. The van der Waals surface area contributed by atoms with Crippen molar-refractivity contribution in [1.82, 2.24) is 4.98 Å². The summed E-state index contributed by atoms with van der Waals surface area (Å²) in [7, 11) is 1.37. The van der Waals surface area contributed by atoms with Crippen LogP contribution in [0.4, 0.5) is 5.13 Å². The van der Waals surface area contributed by atoms with E-state index in [0.29, 0.717) is 15.9 Å². The van der Waals surface area contributed by atoms with Crippen molar-refractivity contribution in [3.8, 4) is 0 Å². The van der Waals surface area contributed by atoms with Crippen LogP contribution in [0.5, 0.6) is 0 Å². The van der Waals surface area contributed by atoms with Gasteiger partial charge >= 0.3 is 5.97 Å². The Morgan fingerprint density at radius 1 is 1.69 bits per heavy atom. The highest BCUT2D eigenvalue weighted by Crippen LogP contribution is 2.43. The zero-order valence-corrected chi connectivity index (χ0v) is 8.06. The number of nitrogens with two attached hydrogens (primary N) is 1. The van der Waals surface area contributed by atoms with Crippen molar-refractivity contribution in [2.45, 2.75) is 18.8 Å². The molecule has 1 saturated carbocycles. The number of carbonyl (C=O) groups is 1. The number of hydrogen-bond acceptors (Lipinski definition) is 5. The number of rotatable bonds is 2. The Balaban J connectivity index is 2.36. The van der Waals surface area contributed by atoms with Gasteiger partial charge in [-0.25, -0.2) is 9.78 Å². The standard InChI is InChI=1S/C8H10N2O2S/c1-12-7(11)6-5(4-2-3-4)10-8(9)13-6/h4H,2-3H2,1H3,(H2,9,10). The Morgan fingerprint density at radius 3 is 2.92 bits per heavy atom. The molecule has 1 heterocycles. The zero-order valence-electron chi connectivity index (χ0n) is 7.24. The topological polar surface area (TPSA) is 65.2 Å². The van der Waals surface area contributed by atoms with Crippen LogP contribution in [0.15, 0.2) is 0 Å². The normalized spacial score (nSPS) is 15.8. The first-order valence-corrected chi connectivity index (χ1v) is 4.88. The molecule has 2 N–H and O–H groups in total. The van der Waals surface area contributed by atoms with Crippen molar-refractivity contribution in [2.24, 2.45) is 0 Å². The van der Waals surface area contributed by atoms with Gasteiger partial charge < -0.3 is 10.5 Å². The Hall–Kier alpha value is -1.10. The van der Waals surface area contributed by atoms with Gasteiger partial charge in [0.1, 0.15) is 4.88 Å². The molecule has 0 spiro atoms. The van der Waals surface area contributed by atoms with E-state index in [1.807, 2.05) is 0 Å². The smallest absolute Gasteiger partial charge is 0.350 e. The van der Waals surface area contributed by atoms with Gasteiger partial charge in [0.25, 0.3) is 0 Å². The lowest BCUT2D eigenvalue weighted by molar-refractivity contribution is 0.0604. The number of nitrogen functional groups attached to an aromatic ring is 1. The summed E-state index contributed by atoms with van der Waals surface area (Å²) in [5.41, 5.74) is 6.37. The first kappa shape index (κ1) is 8.50. The highest BCUT2D eigenvalue weighted by Gasteiger charge is 2.32. The number of nitrogens with zero attached hydrogens (tertiary/aromatic N) is 1. The van der Waals surface area contributed by atoms with E-state index in [9.17, 15) is 4.79 Å². The molecule has 4 nitrogen and oxygen atoms in total. The van der Waals surface area contributed by atoms with Crippen molar-refractivity contribution >= 4 is 22.4 Å². The van der Waals surface area contributed by atoms with Crippen LogP contribution in [0.1, 0.15) is 34.1 Å². The zero-order chi connectivity index (χ0) is 9.42. The fourth-order valence-corrected chi connectivity index (χ4v) is 2.06. The molecule has 1 aromatic rings. The van der Waals surface area contributed by atoms with E-state index >= 15 is 0 Å². The molecule has 2 rings (SSSR count). The second-order valence-corrected chi connectivity index (χ2v) is 4.06. The van der Waals surface area contributed by atoms with Crippen molar-refractivity contribution < 1.29 is 9.53 Å². The fourth-order valence-electron chi connectivity index (χ4n) is 1.22. The number of aromatic nitrogens is 1. The molecule has 1 aliphatic carbocycles. The highest BCUT2D eigenvalue weighted by atomic mass is 32.1. The number of anilines is 1. The lowest BCUT2D eigenvalue weighted by Crippen LogP contribution is -2.01. The predicted octanol–water partition coefficient (Wildman–Crippen LogP) is 1.39. The molecule has 0 radical (unpaired) electrons. The Morgan fingerprint density at radius 2 is 2.38 bits per heavy atom. The van der Waals surface area contributed by atoms with Gasteiger partial charge in [-0.1, -0.05) is 11.3 Å². The quantitative estimate of drug-likeness (QED) is 0.729. The average molecular weight is 198 g/mol. The summed E-state index contributed by atoms with van der Waals surface area (Å²) in [5.74, 6) is 0.110. The average Bonchev–Trinajstić information content (AvgIpc) is 2.89. The molecule has 0 amide bonds. The Kier molecular flexibility index (Phi) is 1.95. The molecule has 0 atom stereocenters. The SMILES string of the molecule is COC(=O)c1sc(N)nc1C1CC1. The molecular weight excluding hydrogens is 188 g/mol. The minimum atomic E-state index is -0.323. The second-order valence-electron chi connectivity index (χ2n) is 3.03. The third kappa shape index (κ3) is 1.51. The van der Waals surface area contributed by atoms with Gasteiger partial charge in [0.2, 0.25) is 0 Å². The van der Waals surface area contributed by atoms with E-state index < -0.39 is 0 Å². The van der Waals surface area contributed by atoms with Crippen LogP contribution in [0.3, 0.4) is 0 Å². The summed E-state index contributed by atoms with van der Waals surface area (Å²) in [6.07, 6.45) is 2.21. The molecule has 1 aliphatic rings. The van der Waals surface area contributed by atoms with Gasteiger partial charge in [-0.05, 0) is 12.8 Å². The second kappa shape index (κ2) is 2.99. The largest absolute Gasteiger partial charge is 0.465 e. The minimum Gasteiger partial charge on any atom is -0.465 e. The van der Waals surface area contributed by atoms with Crippen LogP contribution in [-0.2, 0) is 4.74 Å². The van der Waals surface area contributed by atoms with E-state index in [1.165, 1.54) is 18.4 Å². The van der Waals surface area contributed by atoms with E-state index in [1.54, 1.807) is 0 Å². The maximum atomic E-state index is 11.3. The first-order valence-electron chi connectivity index (χ1n) is 4.07. The molecular formula is C8H10N2O2S. The van der Waals surface area contributed by atoms with Crippen LogP contribution < -0.4 is 5.73 Å². The number of hydrogen-bond donors (Lipinski definition) is 1. The summed E-state index contributed by atoms with van der Waals surface area (Å²) < 4.78 is 4.64. The van der Waals surface area contributed by atoms with Crippen LogP contribution >= 0.6 is 11.3 Å². The maximum Gasteiger partial charge on any atom is 0.350 e. The number of esters is 1. The molecule has 0 bridgehead atoms. The lowest BCUT2D eigenvalue weighted by Gasteiger charge is -1.96. The number of thiazole rings is 1. The molecule has 13 heavy (non-hydrogen) atoms. The fraction of sp³-hybridized carbons (Fsp3) is 0.500. The monoisotopic (exact) mass is 198 g/mol. The van der Waals surface area contributed by atoms with Gasteiger partial charge in [0, 0.05) is 5.92 Å². The summed E-state index contributed by atoms with van der Waals surface area (Å²) in [4.78, 5) is 16.0. The van der Waals surface area contributed by atoms with Crippen molar-refractivity contribution in [3.63, 3.8) is 0 Å². The molecule has 0 unspecified atom stereocenters. The van der Waals surface area contributed by atoms with Crippen molar-refractivity contribution in [2.75, 3.05) is 12.8 Å². The molecule has 0 saturated heterocycles. The van der Waals surface area contributed by atoms with E-state index in [2.05, 4.69) is 9.72 Å². The predicted molar refractivity (Wildman–Crippen MR) is 49.8 cm³/mol. The van der Waals surface area contributed by atoms with Gasteiger partial charge in [-0.3, -0.25) is 0 Å². The summed E-state index contributed by atoms with van der Waals surface area (Å²) >= 11 is 1.21. The van der Waals surface area contributed by atoms with Crippen LogP contribution in [0.2, 0.25) is 0 Å². The summed E-state index contributed by atoms with van der Waals surface area (Å²) in [6, 6.07) is 0. The first-order chi connectivity index (χ1) is 6.22. The van der Waals surface area contributed by atoms with Crippen LogP contribution in [0.25, 0.3) is 0 Å². The summed E-state index contributed by atoms with van der Waals surface area (Å²) in [6.45, 7) is 0. The highest BCUT2D eigenvalue weighted by molar-refractivity contribution is 7.17. The van der Waals surface area contributed by atoms with E-state index in [-0.39, 0.29) is 5.97 Å². The van der Waals surface area contributed by atoms with Crippen molar-refractivity contribution in [3.05, 3.63) is 10.6 Å². The van der Waals surface area contributed by atoms with Gasteiger partial charge in [0.05, 0.1) is 12.8 Å². The maximum absolute atomic E-state index is 11.3. The Bertz CT molecular complexity index is 344. The summed E-state index contributed by atoms with van der Waals surface area (Å²) in [5, 5.41) is 0.447. The number of carbonyl (C=O) groups excluding carboxylic acids is 1. The van der Waals surface area contributed by atoms with Crippen molar-refractivity contribution in [1.29, 1.82) is 0 Å². The molecule has 1 fully saturated rings. The Labute approximate surface area is 79.7 Å². The number of ether oxygens (including phenoxy) is 1. The van der Waals surface area contributed by atoms with E-state index in [0.717, 1.165) is 18.5 Å². The third-order valence-corrected chi connectivity index (χ3v) is 2.89. The molecule has 5 heteroatoms. The van der Waals surface area contributed by atoms with E-state index in [4.69, 9.17) is 5.73 Å². The van der Waals surface area contributed by atoms with Gasteiger partial charge in [0.15, 0.2) is 5.13 Å². The molecule has 0 aliphatic heterocycles. The van der Waals surface area contributed by atoms with Crippen LogP contribution in [0, 0.1) is 0 Å². The molecule has 70 valence electrons. The van der Waals surface area contributed by atoms with Gasteiger partial charge in [-0.15, -0.1) is 0 Å². The third-order valence-electron chi connectivity index (χ3n) is 2.00. The molecule has 0 aromatic carbocycles.